The van der Waals surface area contributed by atoms with Crippen molar-refractivity contribution in [3.8, 4) is 5.75 Å². The third-order valence-electron chi connectivity index (χ3n) is 3.84. The second kappa shape index (κ2) is 6.21. The highest BCUT2D eigenvalue weighted by Crippen LogP contribution is 2.20. The number of methoxy groups -OCH3 is 1. The highest BCUT2D eigenvalue weighted by molar-refractivity contribution is 5.36. The van der Waals surface area contributed by atoms with Crippen molar-refractivity contribution in [2.24, 2.45) is 5.73 Å². The van der Waals surface area contributed by atoms with E-state index in [4.69, 9.17) is 10.5 Å². The molecular weight excluding hydrogens is 224 g/mol. The molecule has 18 heavy (non-hydrogen) atoms. The normalized spacial score (nSPS) is 23.9. The van der Waals surface area contributed by atoms with Gasteiger partial charge in [-0.1, -0.05) is 12.1 Å². The fourth-order valence-electron chi connectivity index (χ4n) is 2.56. The van der Waals surface area contributed by atoms with Gasteiger partial charge in [0.25, 0.3) is 0 Å². The van der Waals surface area contributed by atoms with Gasteiger partial charge in [0.15, 0.2) is 0 Å². The quantitative estimate of drug-likeness (QED) is 0.860. The Balaban J connectivity index is 1.86. The molecule has 0 heterocycles. The van der Waals surface area contributed by atoms with E-state index in [0.717, 1.165) is 25.1 Å². The summed E-state index contributed by atoms with van der Waals surface area (Å²) >= 11 is 0. The average molecular weight is 248 g/mol. The van der Waals surface area contributed by atoms with E-state index < -0.39 is 0 Å². The van der Waals surface area contributed by atoms with Crippen LogP contribution in [-0.2, 0) is 6.54 Å². The van der Waals surface area contributed by atoms with E-state index in [1.807, 2.05) is 0 Å². The van der Waals surface area contributed by atoms with Crippen molar-refractivity contribution >= 4 is 0 Å². The SMILES string of the molecule is COc1cc(CNC2CCC(N)CC2)ccc1C. The Morgan fingerprint density at radius 2 is 2.00 bits per heavy atom. The lowest BCUT2D eigenvalue weighted by atomic mass is 9.92. The van der Waals surface area contributed by atoms with Crippen molar-refractivity contribution < 1.29 is 4.74 Å². The van der Waals surface area contributed by atoms with Gasteiger partial charge in [-0.3, -0.25) is 0 Å². The molecule has 0 aromatic heterocycles. The Morgan fingerprint density at radius 3 is 2.67 bits per heavy atom. The highest BCUT2D eigenvalue weighted by Gasteiger charge is 2.17. The van der Waals surface area contributed by atoms with Crippen LogP contribution >= 0.6 is 0 Å². The van der Waals surface area contributed by atoms with Gasteiger partial charge in [0.05, 0.1) is 7.11 Å². The predicted molar refractivity (Wildman–Crippen MR) is 74.8 cm³/mol. The number of ether oxygens (including phenoxy) is 1. The summed E-state index contributed by atoms with van der Waals surface area (Å²) in [6.45, 7) is 2.98. The van der Waals surface area contributed by atoms with E-state index in [0.29, 0.717) is 12.1 Å². The molecule has 3 heteroatoms. The van der Waals surface area contributed by atoms with Crippen LogP contribution in [0.5, 0.6) is 5.75 Å². The molecule has 1 saturated carbocycles. The van der Waals surface area contributed by atoms with Gasteiger partial charge in [-0.25, -0.2) is 0 Å². The summed E-state index contributed by atoms with van der Waals surface area (Å²) in [5.41, 5.74) is 8.38. The molecule has 3 N–H and O–H groups in total. The summed E-state index contributed by atoms with van der Waals surface area (Å²) < 4.78 is 5.35. The van der Waals surface area contributed by atoms with E-state index in [1.54, 1.807) is 7.11 Å². The number of benzene rings is 1. The molecule has 0 amide bonds. The van der Waals surface area contributed by atoms with Crippen LogP contribution in [0.4, 0.5) is 0 Å². The van der Waals surface area contributed by atoms with Crippen LogP contribution < -0.4 is 15.8 Å². The first-order valence-corrected chi connectivity index (χ1v) is 6.81. The number of rotatable bonds is 4. The van der Waals surface area contributed by atoms with Gasteiger partial charge in [-0.2, -0.15) is 0 Å². The van der Waals surface area contributed by atoms with E-state index in [-0.39, 0.29) is 0 Å². The fraction of sp³-hybridized carbons (Fsp3) is 0.600. The molecule has 0 atom stereocenters. The van der Waals surface area contributed by atoms with E-state index in [9.17, 15) is 0 Å². The van der Waals surface area contributed by atoms with Gasteiger partial charge in [-0.05, 0) is 49.8 Å². The molecule has 0 radical (unpaired) electrons. The molecular formula is C15H24N2O. The van der Waals surface area contributed by atoms with E-state index >= 15 is 0 Å². The molecule has 0 aliphatic heterocycles. The van der Waals surface area contributed by atoms with Gasteiger partial charge < -0.3 is 15.8 Å². The maximum atomic E-state index is 5.91. The number of aryl methyl sites for hydroxylation is 1. The molecule has 0 saturated heterocycles. The van der Waals surface area contributed by atoms with Gasteiger partial charge in [0.1, 0.15) is 5.75 Å². The Hall–Kier alpha value is -1.06. The minimum Gasteiger partial charge on any atom is -0.496 e. The first-order chi connectivity index (χ1) is 8.69. The van der Waals surface area contributed by atoms with E-state index in [1.165, 1.54) is 24.0 Å². The third-order valence-corrected chi connectivity index (χ3v) is 3.84. The van der Waals surface area contributed by atoms with Crippen molar-refractivity contribution in [3.63, 3.8) is 0 Å². The monoisotopic (exact) mass is 248 g/mol. The van der Waals surface area contributed by atoms with Crippen LogP contribution in [0.3, 0.4) is 0 Å². The van der Waals surface area contributed by atoms with E-state index in [2.05, 4.69) is 30.4 Å². The van der Waals surface area contributed by atoms with Gasteiger partial charge >= 0.3 is 0 Å². The van der Waals surface area contributed by atoms with Crippen LogP contribution in [0.1, 0.15) is 36.8 Å². The largest absolute Gasteiger partial charge is 0.496 e. The zero-order chi connectivity index (χ0) is 13.0. The van der Waals surface area contributed by atoms with Gasteiger partial charge in [0.2, 0.25) is 0 Å². The molecule has 0 spiro atoms. The summed E-state index contributed by atoms with van der Waals surface area (Å²) in [5, 5.41) is 3.62. The fourth-order valence-corrected chi connectivity index (χ4v) is 2.56. The molecule has 1 aromatic rings. The number of hydrogen-bond donors (Lipinski definition) is 2. The maximum absolute atomic E-state index is 5.91. The Kier molecular flexibility index (Phi) is 4.61. The highest BCUT2D eigenvalue weighted by atomic mass is 16.5. The predicted octanol–water partition coefficient (Wildman–Crippen LogP) is 2.36. The van der Waals surface area contributed by atoms with Crippen molar-refractivity contribution in [1.82, 2.24) is 5.32 Å². The lowest BCUT2D eigenvalue weighted by molar-refractivity contribution is 0.341. The van der Waals surface area contributed by atoms with Crippen LogP contribution in [0.2, 0.25) is 0 Å². The molecule has 100 valence electrons. The molecule has 0 unspecified atom stereocenters. The van der Waals surface area contributed by atoms with Crippen molar-refractivity contribution in [2.45, 2.75) is 51.2 Å². The first-order valence-electron chi connectivity index (χ1n) is 6.81. The molecule has 1 aliphatic carbocycles. The Labute approximate surface area is 110 Å². The number of nitrogens with two attached hydrogens (primary N) is 1. The minimum atomic E-state index is 0.419. The molecule has 1 fully saturated rings. The summed E-state index contributed by atoms with van der Waals surface area (Å²) in [6, 6.07) is 7.45. The molecule has 3 nitrogen and oxygen atoms in total. The van der Waals surface area contributed by atoms with Crippen molar-refractivity contribution in [1.29, 1.82) is 0 Å². The third kappa shape index (κ3) is 3.47. The van der Waals surface area contributed by atoms with Crippen LogP contribution in [-0.4, -0.2) is 19.2 Å². The van der Waals surface area contributed by atoms with Gasteiger partial charge in [0, 0.05) is 18.6 Å². The smallest absolute Gasteiger partial charge is 0.122 e. The summed E-state index contributed by atoms with van der Waals surface area (Å²) in [6.07, 6.45) is 4.69. The topological polar surface area (TPSA) is 47.3 Å². The summed E-state index contributed by atoms with van der Waals surface area (Å²) in [5.74, 6) is 0.972. The average Bonchev–Trinajstić information content (AvgIpc) is 2.39. The van der Waals surface area contributed by atoms with Crippen molar-refractivity contribution in [2.75, 3.05) is 7.11 Å². The van der Waals surface area contributed by atoms with Crippen molar-refractivity contribution in [3.05, 3.63) is 29.3 Å². The lowest BCUT2D eigenvalue weighted by Crippen LogP contribution is -2.37. The van der Waals surface area contributed by atoms with Crippen LogP contribution in [0, 0.1) is 6.92 Å². The zero-order valence-electron chi connectivity index (χ0n) is 11.4. The molecule has 1 aromatic carbocycles. The first kappa shape index (κ1) is 13.4. The summed E-state index contributed by atoms with van der Waals surface area (Å²) in [7, 11) is 1.72. The Morgan fingerprint density at radius 1 is 1.28 bits per heavy atom. The van der Waals surface area contributed by atoms with Crippen LogP contribution in [0.25, 0.3) is 0 Å². The minimum absolute atomic E-state index is 0.419. The molecule has 2 rings (SSSR count). The second-order valence-electron chi connectivity index (χ2n) is 5.30. The maximum Gasteiger partial charge on any atom is 0.122 e. The standard InChI is InChI=1S/C15H24N2O/c1-11-3-4-12(9-15(11)18-2)10-17-14-7-5-13(16)6-8-14/h3-4,9,13-14,17H,5-8,10,16H2,1-2H3. The number of nitrogens with one attached hydrogen (secondary N) is 1. The lowest BCUT2D eigenvalue weighted by Gasteiger charge is -2.27. The second-order valence-corrected chi connectivity index (χ2v) is 5.30. The zero-order valence-corrected chi connectivity index (χ0v) is 11.4. The molecule has 1 aliphatic rings. The van der Waals surface area contributed by atoms with Crippen LogP contribution in [0.15, 0.2) is 18.2 Å². The Bertz CT molecular complexity index is 384. The van der Waals surface area contributed by atoms with Gasteiger partial charge in [-0.15, -0.1) is 0 Å². The number of hydrogen-bond acceptors (Lipinski definition) is 3. The summed E-state index contributed by atoms with van der Waals surface area (Å²) in [4.78, 5) is 0. The molecule has 0 bridgehead atoms.